The Hall–Kier alpha value is -3.03. The number of benzene rings is 1. The second-order valence-corrected chi connectivity index (χ2v) is 7.64. The number of fused-ring (bicyclic) bond motifs is 1. The van der Waals surface area contributed by atoms with E-state index in [1.807, 2.05) is 17.5 Å². The molecule has 2 aromatic rings. The molecule has 28 heavy (non-hydrogen) atoms. The lowest BCUT2D eigenvalue weighted by Gasteiger charge is -2.14. The normalized spacial score (nSPS) is 11.0. The lowest BCUT2D eigenvalue weighted by Crippen LogP contribution is -2.38. The van der Waals surface area contributed by atoms with E-state index in [1.165, 1.54) is 15.9 Å². The molecule has 140 valence electrons. The van der Waals surface area contributed by atoms with Gasteiger partial charge in [-0.15, -0.1) is 11.3 Å². The molecule has 0 aliphatic carbocycles. The highest BCUT2D eigenvalue weighted by molar-refractivity contribution is 7.09. The van der Waals surface area contributed by atoms with Crippen LogP contribution in [0.15, 0.2) is 69.7 Å². The van der Waals surface area contributed by atoms with Gasteiger partial charge in [-0.3, -0.25) is 14.2 Å². The number of hydrogen-bond acceptors (Lipinski definition) is 5. The zero-order valence-electron chi connectivity index (χ0n) is 14.5. The van der Waals surface area contributed by atoms with E-state index in [0.29, 0.717) is 16.1 Å². The molecule has 1 aromatic carbocycles. The topological polar surface area (TPSA) is 74.0 Å². The minimum absolute atomic E-state index is 0.0419. The fourth-order valence-electron chi connectivity index (χ4n) is 2.92. The third-order valence-electron chi connectivity index (χ3n) is 4.32. The Balaban J connectivity index is 1.72. The first kappa shape index (κ1) is 18.3. The van der Waals surface area contributed by atoms with Crippen LogP contribution in [-0.4, -0.2) is 19.9 Å². The Kier molecular flexibility index (Phi) is 4.93. The van der Waals surface area contributed by atoms with Crippen LogP contribution in [0.25, 0.3) is 11.4 Å². The Morgan fingerprint density at radius 2 is 1.86 bits per heavy atom. The van der Waals surface area contributed by atoms with E-state index in [9.17, 15) is 14.4 Å². The van der Waals surface area contributed by atoms with Crippen molar-refractivity contribution in [1.82, 2.24) is 14.1 Å². The third kappa shape index (κ3) is 3.54. The summed E-state index contributed by atoms with van der Waals surface area (Å²) in [5.74, 6) is 0.0217. The second-order valence-electron chi connectivity index (χ2n) is 6.17. The molecule has 8 heteroatoms. The van der Waals surface area contributed by atoms with Gasteiger partial charge in [-0.05, 0) is 47.8 Å². The Labute approximate surface area is 168 Å². The summed E-state index contributed by atoms with van der Waals surface area (Å²) in [4.78, 5) is 42.8. The van der Waals surface area contributed by atoms with Gasteiger partial charge in [-0.25, -0.2) is 4.79 Å². The summed E-state index contributed by atoms with van der Waals surface area (Å²) in [5, 5.41) is 2.42. The molecule has 0 fully saturated rings. The van der Waals surface area contributed by atoms with Gasteiger partial charge in [0.25, 0.3) is 5.56 Å². The number of pyridine rings is 1. The number of rotatable bonds is 5. The summed E-state index contributed by atoms with van der Waals surface area (Å²) in [6, 6.07) is 13.5. The monoisotopic (exact) mass is 411 g/mol. The number of carbonyl (C=O) groups excluding carboxylic acids is 1. The van der Waals surface area contributed by atoms with Crippen LogP contribution in [-0.2, 0) is 13.1 Å². The van der Waals surface area contributed by atoms with Gasteiger partial charge >= 0.3 is 5.69 Å². The van der Waals surface area contributed by atoms with Crippen molar-refractivity contribution < 1.29 is 4.79 Å². The maximum Gasteiger partial charge on any atom is 0.352 e. The quantitative estimate of drug-likeness (QED) is 0.473. The van der Waals surface area contributed by atoms with Gasteiger partial charge in [0.1, 0.15) is 0 Å². The van der Waals surface area contributed by atoms with E-state index in [1.54, 1.807) is 42.6 Å². The summed E-state index contributed by atoms with van der Waals surface area (Å²) < 4.78 is 2.63. The van der Waals surface area contributed by atoms with Crippen molar-refractivity contribution >= 4 is 28.7 Å². The summed E-state index contributed by atoms with van der Waals surface area (Å²) >= 11 is 7.32. The number of ketones is 1. The van der Waals surface area contributed by atoms with E-state index >= 15 is 0 Å². The lowest BCUT2D eigenvalue weighted by molar-refractivity contribution is 0.0972. The molecule has 0 amide bonds. The van der Waals surface area contributed by atoms with Crippen LogP contribution in [0.5, 0.6) is 0 Å². The first-order valence-corrected chi connectivity index (χ1v) is 9.70. The number of halogens is 1. The summed E-state index contributed by atoms with van der Waals surface area (Å²) in [6.45, 7) is 0.136. The van der Waals surface area contributed by atoms with Gasteiger partial charge in [0.05, 0.1) is 18.7 Å². The van der Waals surface area contributed by atoms with E-state index in [0.717, 1.165) is 9.44 Å². The van der Waals surface area contributed by atoms with E-state index < -0.39 is 11.2 Å². The van der Waals surface area contributed by atoms with Crippen molar-refractivity contribution in [2.45, 2.75) is 13.1 Å². The highest BCUT2D eigenvalue weighted by Gasteiger charge is 2.19. The predicted molar refractivity (Wildman–Crippen MR) is 109 cm³/mol. The van der Waals surface area contributed by atoms with Crippen molar-refractivity contribution in [3.05, 3.63) is 96.4 Å². The van der Waals surface area contributed by atoms with Gasteiger partial charge in [0.2, 0.25) is 0 Å². The maximum atomic E-state index is 12.8. The Bertz CT molecular complexity index is 1230. The fourth-order valence-corrected chi connectivity index (χ4v) is 3.74. The van der Waals surface area contributed by atoms with E-state index in [2.05, 4.69) is 4.98 Å². The smallest absolute Gasteiger partial charge is 0.324 e. The number of Topliss-reactive ketones (excluding diaryl/α,β-unsaturated/α-hetero) is 1. The van der Waals surface area contributed by atoms with Gasteiger partial charge < -0.3 is 4.57 Å². The van der Waals surface area contributed by atoms with Crippen LogP contribution >= 0.6 is 22.9 Å². The van der Waals surface area contributed by atoms with Crippen molar-refractivity contribution in [2.75, 3.05) is 0 Å². The first-order valence-electron chi connectivity index (χ1n) is 8.44. The second kappa shape index (κ2) is 7.53. The molecule has 0 radical (unpaired) electrons. The fraction of sp³-hybridized carbons (Fsp3) is 0.100. The Morgan fingerprint density at radius 1 is 1.07 bits per heavy atom. The largest absolute Gasteiger partial charge is 0.352 e. The number of aromatic nitrogens is 3. The summed E-state index contributed by atoms with van der Waals surface area (Å²) in [6.07, 6.45) is 1.63. The minimum Gasteiger partial charge on any atom is -0.324 e. The lowest BCUT2D eigenvalue weighted by atomic mass is 10.1. The predicted octanol–water partition coefficient (Wildman–Crippen LogP) is 3.16. The van der Waals surface area contributed by atoms with Crippen LogP contribution in [0, 0.1) is 0 Å². The molecule has 0 saturated carbocycles. The molecule has 0 unspecified atom stereocenters. The average molecular weight is 412 g/mol. The highest BCUT2D eigenvalue weighted by Crippen LogP contribution is 2.16. The van der Waals surface area contributed by atoms with Crippen molar-refractivity contribution in [2.24, 2.45) is 0 Å². The molecule has 0 spiro atoms. The van der Waals surface area contributed by atoms with E-state index in [4.69, 9.17) is 11.6 Å². The molecule has 0 saturated heterocycles. The summed E-state index contributed by atoms with van der Waals surface area (Å²) in [7, 11) is 0. The minimum atomic E-state index is -0.634. The molecule has 6 nitrogen and oxygen atoms in total. The van der Waals surface area contributed by atoms with Crippen molar-refractivity contribution in [3.8, 4) is 11.4 Å². The molecule has 0 atom stereocenters. The molecule has 3 heterocycles. The highest BCUT2D eigenvalue weighted by atomic mass is 35.5. The zero-order chi connectivity index (χ0) is 19.7. The van der Waals surface area contributed by atoms with Gasteiger partial charge in [0, 0.05) is 21.7 Å². The molecule has 0 bridgehead atoms. The number of hydrogen-bond donors (Lipinski definition) is 0. The van der Waals surface area contributed by atoms with Gasteiger partial charge in [-0.2, -0.15) is 4.98 Å². The molecule has 1 aromatic heterocycles. The molecule has 4 rings (SSSR count). The number of nitrogens with zero attached hydrogens (tertiary/aromatic N) is 3. The molecular weight excluding hydrogens is 398 g/mol. The average Bonchev–Trinajstić information content (AvgIpc) is 3.19. The standard InChI is InChI=1S/C20H14ClN3O3S/c21-14-7-5-13(6-8-14)17(25)12-23-9-1-4-16-18(23)22-20(27)24(19(16)26)11-15-3-2-10-28-15/h1-10H,11-12H2. The van der Waals surface area contributed by atoms with Gasteiger partial charge in [0.15, 0.2) is 11.6 Å². The molecule has 2 aliphatic heterocycles. The zero-order valence-corrected chi connectivity index (χ0v) is 16.1. The van der Waals surface area contributed by atoms with Crippen LogP contribution in [0.2, 0.25) is 5.02 Å². The van der Waals surface area contributed by atoms with Crippen molar-refractivity contribution in [3.63, 3.8) is 0 Å². The number of thiophene rings is 1. The maximum absolute atomic E-state index is 12.8. The van der Waals surface area contributed by atoms with E-state index in [-0.39, 0.29) is 24.7 Å². The van der Waals surface area contributed by atoms with Gasteiger partial charge in [-0.1, -0.05) is 17.7 Å². The first-order chi connectivity index (χ1) is 13.5. The van der Waals surface area contributed by atoms with Crippen LogP contribution in [0.3, 0.4) is 0 Å². The summed E-state index contributed by atoms with van der Waals surface area (Å²) in [5.41, 5.74) is -0.272. The molecular formula is C20H14ClN3O3S. The van der Waals surface area contributed by atoms with Crippen LogP contribution < -0.4 is 11.2 Å². The van der Waals surface area contributed by atoms with Crippen LogP contribution in [0.4, 0.5) is 0 Å². The van der Waals surface area contributed by atoms with Crippen LogP contribution in [0.1, 0.15) is 15.2 Å². The Morgan fingerprint density at radius 3 is 2.57 bits per heavy atom. The third-order valence-corrected chi connectivity index (χ3v) is 5.44. The van der Waals surface area contributed by atoms with Crippen molar-refractivity contribution in [1.29, 1.82) is 0 Å². The SMILES string of the molecule is O=C(Cn1cccc2c(=O)n(Cc3cccs3)c(=O)nc1-2)c1ccc(Cl)cc1. The number of carbonyl (C=O) groups is 1. The molecule has 2 aliphatic rings. The molecule has 0 N–H and O–H groups in total.